The SMILES string of the molecule is NCc1cccc(C2CCN(C(=O)c3cccc(-c4ccccc4B4OC(=O)[C@@](c5ccccc5)(c5cccc6[nH]c(C(=O)N7CCC(c8cccc(CN)c8)CC7)cc56)O4)c3)CC2)c1. The normalized spacial score (nSPS) is 18.3. The molecule has 0 spiro atoms. The summed E-state index contributed by atoms with van der Waals surface area (Å²) in [5, 5.41) is 0.693. The third-order valence-corrected chi connectivity index (χ3v) is 13.8. The highest BCUT2D eigenvalue weighted by Crippen LogP contribution is 2.44. The summed E-state index contributed by atoms with van der Waals surface area (Å²) >= 11 is 0. The molecule has 3 aliphatic rings. The van der Waals surface area contributed by atoms with Crippen LogP contribution in [0, 0.1) is 0 Å². The Morgan fingerprint density at radius 2 is 1.25 bits per heavy atom. The van der Waals surface area contributed by atoms with Crippen LogP contribution >= 0.6 is 0 Å². The van der Waals surface area contributed by atoms with Crippen LogP contribution in [0.4, 0.5) is 0 Å². The monoisotopic (exact) mass is 861 g/mol. The average molecular weight is 862 g/mol. The van der Waals surface area contributed by atoms with Gasteiger partial charge in [-0.05, 0) is 101 Å². The number of hydrogen-bond acceptors (Lipinski definition) is 7. The van der Waals surface area contributed by atoms with Crippen LogP contribution in [0.5, 0.6) is 0 Å². The van der Waals surface area contributed by atoms with Crippen molar-refractivity contribution >= 4 is 41.3 Å². The van der Waals surface area contributed by atoms with Gasteiger partial charge in [0.05, 0.1) is 0 Å². The highest BCUT2D eigenvalue weighted by molar-refractivity contribution is 6.66. The molecule has 3 fully saturated rings. The van der Waals surface area contributed by atoms with E-state index in [1.165, 1.54) is 11.1 Å². The Morgan fingerprint density at radius 3 is 1.91 bits per heavy atom. The molecule has 10 nitrogen and oxygen atoms in total. The van der Waals surface area contributed by atoms with Crippen LogP contribution in [-0.2, 0) is 32.8 Å². The second-order valence-electron chi connectivity index (χ2n) is 17.6. The first-order valence-corrected chi connectivity index (χ1v) is 22.8. The summed E-state index contributed by atoms with van der Waals surface area (Å²) in [6.45, 7) is 3.60. The lowest BCUT2D eigenvalue weighted by molar-refractivity contribution is -0.141. The van der Waals surface area contributed by atoms with Gasteiger partial charge in [-0.1, -0.05) is 127 Å². The first kappa shape index (κ1) is 42.2. The van der Waals surface area contributed by atoms with Gasteiger partial charge >= 0.3 is 13.1 Å². The Hall–Kier alpha value is -6.79. The summed E-state index contributed by atoms with van der Waals surface area (Å²) in [4.78, 5) is 50.1. The lowest BCUT2D eigenvalue weighted by atomic mass is 9.74. The number of piperidine rings is 2. The molecule has 65 heavy (non-hydrogen) atoms. The molecule has 1 aromatic heterocycles. The molecule has 0 saturated carbocycles. The summed E-state index contributed by atoms with van der Waals surface area (Å²) in [5.74, 6) is 0.0824. The average Bonchev–Trinajstić information content (AvgIpc) is 3.98. The quantitative estimate of drug-likeness (QED) is 0.118. The molecule has 2 amide bonds. The van der Waals surface area contributed by atoms with Crippen LogP contribution < -0.4 is 16.9 Å². The molecule has 0 bridgehead atoms. The molecular formula is C54H52BN5O5. The van der Waals surface area contributed by atoms with Gasteiger partial charge in [0, 0.05) is 66.8 Å². The summed E-state index contributed by atoms with van der Waals surface area (Å²) in [5.41, 5.74) is 20.1. The number of aromatic nitrogens is 1. The number of rotatable bonds is 10. The van der Waals surface area contributed by atoms with E-state index in [1.807, 2.05) is 119 Å². The van der Waals surface area contributed by atoms with E-state index in [-0.39, 0.29) is 11.8 Å². The van der Waals surface area contributed by atoms with Crippen molar-refractivity contribution in [3.63, 3.8) is 0 Å². The Balaban J connectivity index is 0.911. The van der Waals surface area contributed by atoms with Gasteiger partial charge in [0.2, 0.25) is 5.60 Å². The van der Waals surface area contributed by atoms with E-state index in [9.17, 15) is 14.4 Å². The molecule has 3 aliphatic heterocycles. The molecule has 7 aromatic rings. The van der Waals surface area contributed by atoms with Crippen molar-refractivity contribution in [2.45, 2.75) is 56.2 Å². The number of nitrogens with one attached hydrogen (secondary N) is 1. The van der Waals surface area contributed by atoms with Gasteiger partial charge in [-0.3, -0.25) is 9.59 Å². The van der Waals surface area contributed by atoms with Gasteiger partial charge in [-0.2, -0.15) is 0 Å². The van der Waals surface area contributed by atoms with Crippen molar-refractivity contribution in [1.82, 2.24) is 14.8 Å². The van der Waals surface area contributed by atoms with Crippen LogP contribution in [0.2, 0.25) is 0 Å². The fourth-order valence-electron chi connectivity index (χ4n) is 10.2. The number of likely N-dealkylation sites (tertiary alicyclic amines) is 2. The summed E-state index contributed by atoms with van der Waals surface area (Å²) in [6, 6.07) is 49.1. The lowest BCUT2D eigenvalue weighted by Gasteiger charge is -2.32. The van der Waals surface area contributed by atoms with Crippen LogP contribution in [-0.4, -0.2) is 65.9 Å². The first-order chi connectivity index (χ1) is 31.8. The predicted molar refractivity (Wildman–Crippen MR) is 254 cm³/mol. The van der Waals surface area contributed by atoms with E-state index >= 15 is 0 Å². The molecule has 0 unspecified atom stereocenters. The van der Waals surface area contributed by atoms with E-state index in [0.29, 0.717) is 89.9 Å². The maximum Gasteiger partial charge on any atom is 0.566 e. The minimum atomic E-state index is -1.66. The molecule has 4 heterocycles. The van der Waals surface area contributed by atoms with Crippen molar-refractivity contribution in [1.29, 1.82) is 0 Å². The number of benzene rings is 6. The maximum absolute atomic E-state index is 14.7. The Morgan fingerprint density at radius 1 is 0.646 bits per heavy atom. The van der Waals surface area contributed by atoms with Crippen LogP contribution in [0.25, 0.3) is 22.0 Å². The number of nitrogens with two attached hydrogens (primary N) is 2. The molecule has 0 aliphatic carbocycles. The number of H-pyrrole nitrogens is 1. The molecule has 326 valence electrons. The van der Waals surface area contributed by atoms with Crippen molar-refractivity contribution in [3.05, 3.63) is 196 Å². The third-order valence-electron chi connectivity index (χ3n) is 13.8. The van der Waals surface area contributed by atoms with Crippen LogP contribution in [0.1, 0.15) is 91.7 Å². The zero-order valence-corrected chi connectivity index (χ0v) is 36.3. The predicted octanol–water partition coefficient (Wildman–Crippen LogP) is 8.00. The van der Waals surface area contributed by atoms with E-state index < -0.39 is 18.7 Å². The van der Waals surface area contributed by atoms with Crippen molar-refractivity contribution in [2.75, 3.05) is 26.2 Å². The zero-order chi connectivity index (χ0) is 44.5. The van der Waals surface area contributed by atoms with Gasteiger partial charge in [0.25, 0.3) is 11.8 Å². The highest BCUT2D eigenvalue weighted by atomic mass is 16.7. The summed E-state index contributed by atoms with van der Waals surface area (Å²) < 4.78 is 13.3. The molecule has 10 rings (SSSR count). The smallest absolute Gasteiger partial charge is 0.503 e. The molecule has 1 atom stereocenters. The van der Waals surface area contributed by atoms with Gasteiger partial charge in [-0.15, -0.1) is 0 Å². The topological polar surface area (TPSA) is 144 Å². The molecule has 11 heteroatoms. The number of nitrogens with zero attached hydrogens (tertiary/aromatic N) is 2. The minimum Gasteiger partial charge on any atom is -0.503 e. The molecule has 0 radical (unpaired) electrons. The minimum absolute atomic E-state index is 0.0133. The number of carbonyl (C=O) groups is 3. The van der Waals surface area contributed by atoms with Crippen molar-refractivity contribution < 1.29 is 23.7 Å². The molecular weight excluding hydrogens is 809 g/mol. The number of fused-ring (bicyclic) bond motifs is 1. The summed E-state index contributed by atoms with van der Waals surface area (Å²) in [7, 11) is -1.09. The van der Waals surface area contributed by atoms with Crippen molar-refractivity contribution in [3.8, 4) is 11.1 Å². The largest absolute Gasteiger partial charge is 0.566 e. The van der Waals surface area contributed by atoms with E-state index in [0.717, 1.165) is 47.9 Å². The van der Waals surface area contributed by atoms with Gasteiger partial charge in [-0.25, -0.2) is 4.79 Å². The summed E-state index contributed by atoms with van der Waals surface area (Å²) in [6.07, 6.45) is 3.48. The fraction of sp³-hybridized carbons (Fsp3) is 0.241. The zero-order valence-electron chi connectivity index (χ0n) is 36.3. The van der Waals surface area contributed by atoms with E-state index in [2.05, 4.69) is 47.4 Å². The Labute approximate surface area is 379 Å². The number of carbonyl (C=O) groups excluding carboxylic acids is 3. The standard InChI is InChI=1S/C54H52BN5O5/c56-34-36-10-6-12-40(30-36)38-22-26-59(27-23-38)51(61)43-15-8-14-42(32-43)45-18-4-5-20-48(45)55-64-53(63)54(65-55,44-16-2-1-3-17-44)47-19-9-21-49-46(47)33-50(58-49)52(62)60-28-24-39(25-29-60)41-13-7-11-37(31-41)35-57/h1-21,30-33,38-39,58H,22-29,34-35,56-57H2/t54-/m1/s1. The number of amides is 2. The highest BCUT2D eigenvalue weighted by Gasteiger charge is 2.57. The van der Waals surface area contributed by atoms with Crippen molar-refractivity contribution in [2.24, 2.45) is 11.5 Å². The maximum atomic E-state index is 14.7. The Kier molecular flexibility index (Phi) is 11.7. The van der Waals surface area contributed by atoms with E-state index in [1.54, 1.807) is 0 Å². The van der Waals surface area contributed by atoms with Gasteiger partial charge < -0.3 is 35.6 Å². The van der Waals surface area contributed by atoms with E-state index in [4.69, 9.17) is 20.8 Å². The Bertz CT molecular complexity index is 2880. The third kappa shape index (κ3) is 8.05. The lowest BCUT2D eigenvalue weighted by Crippen LogP contribution is -2.38. The molecule has 5 N–H and O–H groups in total. The second-order valence-corrected chi connectivity index (χ2v) is 17.6. The molecule has 3 saturated heterocycles. The first-order valence-electron chi connectivity index (χ1n) is 22.8. The fourth-order valence-corrected chi connectivity index (χ4v) is 10.2. The van der Waals surface area contributed by atoms with Gasteiger partial charge in [0.1, 0.15) is 5.69 Å². The van der Waals surface area contributed by atoms with Gasteiger partial charge in [0.15, 0.2) is 0 Å². The molecule has 6 aromatic carbocycles. The number of hydrogen-bond donors (Lipinski definition) is 3. The number of aromatic amines is 1. The second kappa shape index (κ2) is 18.0. The van der Waals surface area contributed by atoms with Crippen LogP contribution in [0.15, 0.2) is 152 Å². The van der Waals surface area contributed by atoms with Crippen LogP contribution in [0.3, 0.4) is 0 Å².